The van der Waals surface area contributed by atoms with Gasteiger partial charge in [-0.3, -0.25) is 0 Å². The molecule has 4 rings (SSSR count). The lowest BCUT2D eigenvalue weighted by Gasteiger charge is -2.31. The molecule has 1 aromatic carbocycles. The monoisotopic (exact) mass is 398 g/mol. The fourth-order valence-corrected chi connectivity index (χ4v) is 4.36. The lowest BCUT2D eigenvalue weighted by atomic mass is 9.92. The first-order chi connectivity index (χ1) is 12.9. The third-order valence-corrected chi connectivity index (χ3v) is 5.75. The predicted molar refractivity (Wildman–Crippen MR) is 99.9 cm³/mol. The second-order valence-electron chi connectivity index (χ2n) is 7.19. The summed E-state index contributed by atoms with van der Waals surface area (Å²) in [5.74, 6) is 0.946. The number of anilines is 1. The molecular formula is C19H22ClF3N4. The van der Waals surface area contributed by atoms with Crippen molar-refractivity contribution in [3.05, 3.63) is 40.0 Å². The number of hydrogen-bond acceptors (Lipinski definition) is 3. The van der Waals surface area contributed by atoms with Gasteiger partial charge in [0.15, 0.2) is 0 Å². The number of likely N-dealkylation sites (tertiary alicyclic amines) is 1. The summed E-state index contributed by atoms with van der Waals surface area (Å²) in [5, 5.41) is 7.98. The Labute approximate surface area is 161 Å². The highest BCUT2D eigenvalue weighted by Crippen LogP contribution is 2.40. The van der Waals surface area contributed by atoms with Gasteiger partial charge in [-0.1, -0.05) is 18.5 Å². The molecule has 1 atom stereocenters. The molecular weight excluding hydrogens is 377 g/mol. The quantitative estimate of drug-likeness (QED) is 0.812. The van der Waals surface area contributed by atoms with Crippen molar-refractivity contribution >= 4 is 17.4 Å². The summed E-state index contributed by atoms with van der Waals surface area (Å²) in [4.78, 5) is 2.38. The fraction of sp³-hybridized carbons (Fsp3) is 0.526. The molecule has 0 radical (unpaired) electrons. The van der Waals surface area contributed by atoms with Crippen LogP contribution in [0.2, 0.25) is 5.02 Å². The zero-order valence-electron chi connectivity index (χ0n) is 15.1. The van der Waals surface area contributed by atoms with Crippen LogP contribution in [0.15, 0.2) is 18.2 Å². The minimum atomic E-state index is -4.50. The molecule has 2 aliphatic heterocycles. The molecule has 1 N–H and O–H groups in total. The summed E-state index contributed by atoms with van der Waals surface area (Å²) in [5.41, 5.74) is 1.25. The number of alkyl halides is 3. The van der Waals surface area contributed by atoms with Gasteiger partial charge in [0, 0.05) is 29.6 Å². The van der Waals surface area contributed by atoms with E-state index in [1.807, 2.05) is 0 Å². The van der Waals surface area contributed by atoms with E-state index in [0.717, 1.165) is 62.8 Å². The molecule has 3 heterocycles. The fourth-order valence-electron chi connectivity index (χ4n) is 4.19. The first-order valence-electron chi connectivity index (χ1n) is 9.33. The minimum absolute atomic E-state index is 0.0203. The molecule has 0 saturated carbocycles. The van der Waals surface area contributed by atoms with E-state index in [-0.39, 0.29) is 16.6 Å². The standard InChI is InChI=1S/C19H22ClF3N4/c1-2-26-9-3-4-12(11-26)17-14-7-8-24-18(14)27(25-17)16-6-5-13(20)10-15(16)19(21,22)23/h5-6,10,12,24H,2-4,7-9,11H2,1H3. The van der Waals surface area contributed by atoms with Crippen molar-refractivity contribution in [2.24, 2.45) is 0 Å². The van der Waals surface area contributed by atoms with Gasteiger partial charge in [0.05, 0.1) is 16.9 Å². The van der Waals surface area contributed by atoms with Crippen LogP contribution in [0.25, 0.3) is 5.69 Å². The molecule has 1 aromatic heterocycles. The zero-order chi connectivity index (χ0) is 19.2. The molecule has 146 valence electrons. The second kappa shape index (κ2) is 7.02. The van der Waals surface area contributed by atoms with E-state index in [1.54, 1.807) is 0 Å². The summed E-state index contributed by atoms with van der Waals surface area (Å²) in [6.07, 6.45) is -1.60. The van der Waals surface area contributed by atoms with Crippen LogP contribution in [0.1, 0.15) is 42.5 Å². The third-order valence-electron chi connectivity index (χ3n) is 5.51. The third kappa shape index (κ3) is 3.43. The van der Waals surface area contributed by atoms with Crippen molar-refractivity contribution in [3.63, 3.8) is 0 Å². The number of nitrogens with zero attached hydrogens (tertiary/aromatic N) is 3. The van der Waals surface area contributed by atoms with Gasteiger partial charge >= 0.3 is 6.18 Å². The van der Waals surface area contributed by atoms with E-state index in [2.05, 4.69) is 22.2 Å². The van der Waals surface area contributed by atoms with Crippen molar-refractivity contribution in [3.8, 4) is 5.69 Å². The lowest BCUT2D eigenvalue weighted by molar-refractivity contribution is -0.137. The van der Waals surface area contributed by atoms with Crippen molar-refractivity contribution < 1.29 is 13.2 Å². The number of rotatable bonds is 3. The Morgan fingerprint density at radius 1 is 1.33 bits per heavy atom. The molecule has 1 unspecified atom stereocenters. The SMILES string of the molecule is CCN1CCCC(c2nn(-c3ccc(Cl)cc3C(F)(F)F)c3c2CCN3)C1. The molecule has 2 aliphatic rings. The highest BCUT2D eigenvalue weighted by atomic mass is 35.5. The largest absolute Gasteiger partial charge is 0.418 e. The molecule has 0 spiro atoms. The van der Waals surface area contributed by atoms with E-state index < -0.39 is 11.7 Å². The first-order valence-corrected chi connectivity index (χ1v) is 9.71. The zero-order valence-corrected chi connectivity index (χ0v) is 15.9. The molecule has 0 aliphatic carbocycles. The molecule has 4 nitrogen and oxygen atoms in total. The average Bonchev–Trinajstić information content (AvgIpc) is 3.24. The molecule has 1 saturated heterocycles. The van der Waals surface area contributed by atoms with E-state index in [1.165, 1.54) is 16.8 Å². The van der Waals surface area contributed by atoms with Crippen LogP contribution in [-0.4, -0.2) is 40.9 Å². The summed E-state index contributed by atoms with van der Waals surface area (Å²) < 4.78 is 42.2. The van der Waals surface area contributed by atoms with Gasteiger partial charge in [-0.15, -0.1) is 0 Å². The van der Waals surface area contributed by atoms with Gasteiger partial charge in [-0.2, -0.15) is 18.3 Å². The van der Waals surface area contributed by atoms with Gasteiger partial charge in [0.1, 0.15) is 5.82 Å². The Bertz CT molecular complexity index is 846. The Morgan fingerprint density at radius 2 is 2.15 bits per heavy atom. The summed E-state index contributed by atoms with van der Waals surface area (Å²) >= 11 is 5.84. The van der Waals surface area contributed by atoms with E-state index >= 15 is 0 Å². The highest BCUT2D eigenvalue weighted by molar-refractivity contribution is 6.30. The minimum Gasteiger partial charge on any atom is -0.369 e. The van der Waals surface area contributed by atoms with E-state index in [9.17, 15) is 13.2 Å². The summed E-state index contributed by atoms with van der Waals surface area (Å²) in [7, 11) is 0. The first kappa shape index (κ1) is 18.6. The number of likely N-dealkylation sites (N-methyl/N-ethyl adjacent to an activating group) is 1. The summed E-state index contributed by atoms with van der Waals surface area (Å²) in [6.45, 7) is 5.82. The number of fused-ring (bicyclic) bond motifs is 1. The van der Waals surface area contributed by atoms with Crippen LogP contribution in [-0.2, 0) is 12.6 Å². The van der Waals surface area contributed by atoms with Gasteiger partial charge in [-0.05, 0) is 50.6 Å². The van der Waals surface area contributed by atoms with Crippen LogP contribution in [0, 0.1) is 0 Å². The number of halogens is 4. The van der Waals surface area contributed by atoms with E-state index in [4.69, 9.17) is 11.6 Å². The van der Waals surface area contributed by atoms with Crippen molar-refractivity contribution in [2.45, 2.75) is 38.3 Å². The molecule has 27 heavy (non-hydrogen) atoms. The lowest BCUT2D eigenvalue weighted by Crippen LogP contribution is -2.34. The normalized spacial score (nSPS) is 20.6. The van der Waals surface area contributed by atoms with E-state index in [0.29, 0.717) is 5.82 Å². The molecule has 0 amide bonds. The van der Waals surface area contributed by atoms with Gasteiger partial charge < -0.3 is 10.2 Å². The van der Waals surface area contributed by atoms with Gasteiger partial charge in [0.2, 0.25) is 0 Å². The second-order valence-corrected chi connectivity index (χ2v) is 7.63. The predicted octanol–water partition coefficient (Wildman–Crippen LogP) is 4.71. The Hall–Kier alpha value is -1.73. The number of aromatic nitrogens is 2. The van der Waals surface area contributed by atoms with Crippen molar-refractivity contribution in [2.75, 3.05) is 31.5 Å². The highest BCUT2D eigenvalue weighted by Gasteiger charge is 2.37. The maximum absolute atomic E-state index is 13.6. The smallest absolute Gasteiger partial charge is 0.369 e. The van der Waals surface area contributed by atoms with Crippen LogP contribution in [0.4, 0.5) is 19.0 Å². The molecule has 8 heteroatoms. The average molecular weight is 399 g/mol. The topological polar surface area (TPSA) is 33.1 Å². The number of hydrogen-bond donors (Lipinski definition) is 1. The number of nitrogens with one attached hydrogen (secondary N) is 1. The van der Waals surface area contributed by atoms with Crippen LogP contribution >= 0.6 is 11.6 Å². The summed E-state index contributed by atoms with van der Waals surface area (Å²) in [6, 6.07) is 3.86. The maximum Gasteiger partial charge on any atom is 0.418 e. The maximum atomic E-state index is 13.6. The molecule has 0 bridgehead atoms. The Balaban J connectivity index is 1.80. The van der Waals surface area contributed by atoms with Crippen LogP contribution in [0.3, 0.4) is 0 Å². The Kier molecular flexibility index (Phi) is 4.84. The molecule has 2 aromatic rings. The van der Waals surface area contributed by atoms with Crippen molar-refractivity contribution in [1.82, 2.24) is 14.7 Å². The Morgan fingerprint density at radius 3 is 2.89 bits per heavy atom. The van der Waals surface area contributed by atoms with Crippen LogP contribution in [0.5, 0.6) is 0 Å². The number of benzene rings is 1. The molecule has 1 fully saturated rings. The van der Waals surface area contributed by atoms with Gasteiger partial charge in [-0.25, -0.2) is 4.68 Å². The van der Waals surface area contributed by atoms with Crippen molar-refractivity contribution in [1.29, 1.82) is 0 Å². The van der Waals surface area contributed by atoms with Gasteiger partial charge in [0.25, 0.3) is 0 Å². The number of piperidine rings is 1. The van der Waals surface area contributed by atoms with Crippen LogP contribution < -0.4 is 5.32 Å².